The lowest BCUT2D eigenvalue weighted by Gasteiger charge is -2.17. The summed E-state index contributed by atoms with van der Waals surface area (Å²) < 4.78 is 5.42. The quantitative estimate of drug-likeness (QED) is 0.645. The fourth-order valence-electron chi connectivity index (χ4n) is 2.25. The van der Waals surface area contributed by atoms with Crippen LogP contribution in [0.4, 0.5) is 0 Å². The number of aryl methyl sites for hydroxylation is 1. The smallest absolute Gasteiger partial charge is 0.331 e. The Morgan fingerprint density at radius 3 is 2.58 bits per heavy atom. The van der Waals surface area contributed by atoms with Crippen molar-refractivity contribution in [3.8, 4) is 0 Å². The van der Waals surface area contributed by atoms with E-state index in [1.165, 1.54) is 11.0 Å². The average molecular weight is 341 g/mol. The fourth-order valence-corrected chi connectivity index (χ4v) is 3.03. The predicted octanol–water partition coefficient (Wildman–Crippen LogP) is 3.63. The van der Waals surface area contributed by atoms with Crippen LogP contribution < -0.4 is 5.32 Å². The van der Waals surface area contributed by atoms with Gasteiger partial charge >= 0.3 is 5.97 Å². The van der Waals surface area contributed by atoms with Gasteiger partial charge in [0.15, 0.2) is 0 Å². The van der Waals surface area contributed by atoms with E-state index < -0.39 is 12.1 Å². The summed E-state index contributed by atoms with van der Waals surface area (Å²) in [6.07, 6.45) is 4.12. The molecule has 1 amide bonds. The lowest BCUT2D eigenvalue weighted by atomic mass is 10.1. The van der Waals surface area contributed by atoms with Gasteiger partial charge in [0.1, 0.15) is 0 Å². The summed E-state index contributed by atoms with van der Waals surface area (Å²) in [6, 6.07) is 13.2. The van der Waals surface area contributed by atoms with Gasteiger partial charge in [-0.3, -0.25) is 4.79 Å². The van der Waals surface area contributed by atoms with Gasteiger partial charge in [0, 0.05) is 27.4 Å². The first-order valence-electron chi connectivity index (χ1n) is 7.92. The molecule has 1 aliphatic rings. The number of benzene rings is 1. The lowest BCUT2D eigenvalue weighted by Crippen LogP contribution is -2.33. The summed E-state index contributed by atoms with van der Waals surface area (Å²) >= 11 is 1.59. The van der Waals surface area contributed by atoms with Gasteiger partial charge in [0.05, 0.1) is 0 Å². The maximum atomic E-state index is 12.4. The summed E-state index contributed by atoms with van der Waals surface area (Å²) in [7, 11) is 0. The fraction of sp³-hybridized carbons (Fsp3) is 0.263. The molecule has 4 nitrogen and oxygen atoms in total. The van der Waals surface area contributed by atoms with E-state index in [4.69, 9.17) is 4.74 Å². The third-order valence-corrected chi connectivity index (χ3v) is 4.61. The van der Waals surface area contributed by atoms with Gasteiger partial charge in [-0.2, -0.15) is 0 Å². The number of carbonyl (C=O) groups is 2. The van der Waals surface area contributed by atoms with Crippen LogP contribution in [0.3, 0.4) is 0 Å². The molecule has 1 N–H and O–H groups in total. The van der Waals surface area contributed by atoms with E-state index in [1.54, 1.807) is 29.5 Å². The molecule has 0 radical (unpaired) electrons. The van der Waals surface area contributed by atoms with Crippen LogP contribution >= 0.6 is 11.3 Å². The second-order valence-corrected chi connectivity index (χ2v) is 7.11. The number of ether oxygens (including phenoxy) is 1. The molecule has 1 aromatic heterocycles. The highest BCUT2D eigenvalue weighted by Gasteiger charge is 2.30. The summed E-state index contributed by atoms with van der Waals surface area (Å²) in [4.78, 5) is 26.7. The van der Waals surface area contributed by atoms with E-state index in [-0.39, 0.29) is 11.9 Å². The zero-order valence-electron chi connectivity index (χ0n) is 13.4. The lowest BCUT2D eigenvalue weighted by molar-refractivity contribution is -0.151. The van der Waals surface area contributed by atoms with Crippen molar-refractivity contribution in [1.29, 1.82) is 0 Å². The van der Waals surface area contributed by atoms with Gasteiger partial charge in [-0.1, -0.05) is 30.3 Å². The van der Waals surface area contributed by atoms with Gasteiger partial charge in [0.2, 0.25) is 6.10 Å². The summed E-state index contributed by atoms with van der Waals surface area (Å²) in [5.74, 6) is -0.793. The molecule has 2 aromatic rings. The minimum Gasteiger partial charge on any atom is -0.444 e. The summed E-state index contributed by atoms with van der Waals surface area (Å²) in [5.41, 5.74) is 0.671. The van der Waals surface area contributed by atoms with Gasteiger partial charge < -0.3 is 10.1 Å². The van der Waals surface area contributed by atoms with Crippen molar-refractivity contribution in [2.75, 3.05) is 0 Å². The summed E-state index contributed by atoms with van der Waals surface area (Å²) in [6.45, 7) is 2.01. The van der Waals surface area contributed by atoms with Crippen LogP contribution in [-0.4, -0.2) is 17.9 Å². The number of amides is 1. The van der Waals surface area contributed by atoms with Crippen LogP contribution in [0, 0.1) is 6.92 Å². The number of rotatable bonds is 6. The molecule has 24 heavy (non-hydrogen) atoms. The molecule has 0 saturated heterocycles. The van der Waals surface area contributed by atoms with Crippen molar-refractivity contribution < 1.29 is 14.3 Å². The Morgan fingerprint density at radius 1 is 1.21 bits per heavy atom. The Balaban J connectivity index is 1.69. The normalized spacial score (nSPS) is 15.2. The van der Waals surface area contributed by atoms with Crippen LogP contribution in [0.1, 0.15) is 34.3 Å². The standard InChI is InChI=1S/C19H19NO3S/c1-13-7-10-16(24-13)11-12-17(21)23-18(14-5-3-2-4-6-14)19(22)20-15-8-9-15/h2-7,10-12,15,18H,8-9H2,1H3,(H,20,22)/b12-11+/t18-/m0/s1. The molecule has 1 saturated carbocycles. The Morgan fingerprint density at radius 2 is 1.96 bits per heavy atom. The molecular formula is C19H19NO3S. The third-order valence-electron chi connectivity index (χ3n) is 3.64. The van der Waals surface area contributed by atoms with E-state index in [0.717, 1.165) is 17.7 Å². The van der Waals surface area contributed by atoms with Gasteiger partial charge in [0.25, 0.3) is 5.91 Å². The van der Waals surface area contributed by atoms with E-state index in [0.29, 0.717) is 5.56 Å². The second kappa shape index (κ2) is 7.45. The van der Waals surface area contributed by atoms with Gasteiger partial charge in [-0.05, 0) is 38.0 Å². The molecule has 0 spiro atoms. The van der Waals surface area contributed by atoms with Crippen molar-refractivity contribution in [3.63, 3.8) is 0 Å². The number of nitrogens with one attached hydrogen (secondary N) is 1. The molecule has 3 rings (SSSR count). The monoisotopic (exact) mass is 341 g/mol. The zero-order chi connectivity index (χ0) is 16.9. The first-order valence-corrected chi connectivity index (χ1v) is 8.74. The Hall–Kier alpha value is -2.40. The SMILES string of the molecule is Cc1ccc(/C=C/C(=O)O[C@H](C(=O)NC2CC2)c2ccccc2)s1. The highest BCUT2D eigenvalue weighted by atomic mass is 32.1. The van der Waals surface area contributed by atoms with Crippen molar-refractivity contribution in [2.45, 2.75) is 31.9 Å². The Bertz CT molecular complexity index is 747. The first kappa shape index (κ1) is 16.5. The molecule has 1 heterocycles. The average Bonchev–Trinajstić information content (AvgIpc) is 3.30. The molecule has 0 unspecified atom stereocenters. The summed E-state index contributed by atoms with van der Waals surface area (Å²) in [5, 5.41) is 2.90. The van der Waals surface area contributed by atoms with Crippen molar-refractivity contribution in [1.82, 2.24) is 5.32 Å². The molecule has 1 atom stereocenters. The third kappa shape index (κ3) is 4.55. The van der Waals surface area contributed by atoms with Crippen LogP contribution in [-0.2, 0) is 14.3 Å². The first-order chi connectivity index (χ1) is 11.6. The Kier molecular flexibility index (Phi) is 5.11. The molecule has 1 aromatic carbocycles. The molecule has 1 fully saturated rings. The molecule has 0 aliphatic heterocycles. The second-order valence-electron chi connectivity index (χ2n) is 5.79. The van der Waals surface area contributed by atoms with Crippen LogP contribution in [0.25, 0.3) is 6.08 Å². The Labute approximate surface area is 145 Å². The number of thiophene rings is 1. The van der Waals surface area contributed by atoms with E-state index in [1.807, 2.05) is 37.3 Å². The van der Waals surface area contributed by atoms with Crippen molar-refractivity contribution in [3.05, 3.63) is 63.9 Å². The highest BCUT2D eigenvalue weighted by molar-refractivity contribution is 7.12. The molecule has 5 heteroatoms. The largest absolute Gasteiger partial charge is 0.444 e. The van der Waals surface area contributed by atoms with Crippen molar-refractivity contribution in [2.24, 2.45) is 0 Å². The van der Waals surface area contributed by atoms with E-state index in [9.17, 15) is 9.59 Å². The maximum absolute atomic E-state index is 12.4. The minimum atomic E-state index is -0.922. The molecule has 1 aliphatic carbocycles. The molecular weight excluding hydrogens is 322 g/mol. The highest BCUT2D eigenvalue weighted by Crippen LogP contribution is 2.23. The number of esters is 1. The van der Waals surface area contributed by atoms with Crippen LogP contribution in [0.5, 0.6) is 0 Å². The topological polar surface area (TPSA) is 55.4 Å². The van der Waals surface area contributed by atoms with E-state index >= 15 is 0 Å². The molecule has 124 valence electrons. The van der Waals surface area contributed by atoms with Crippen LogP contribution in [0.2, 0.25) is 0 Å². The number of carbonyl (C=O) groups excluding carboxylic acids is 2. The van der Waals surface area contributed by atoms with Crippen molar-refractivity contribution >= 4 is 29.3 Å². The number of hydrogen-bond acceptors (Lipinski definition) is 4. The van der Waals surface area contributed by atoms with Gasteiger partial charge in [-0.25, -0.2) is 4.79 Å². The van der Waals surface area contributed by atoms with Crippen LogP contribution in [0.15, 0.2) is 48.5 Å². The van der Waals surface area contributed by atoms with E-state index in [2.05, 4.69) is 5.32 Å². The zero-order valence-corrected chi connectivity index (χ0v) is 14.2. The number of hydrogen-bond donors (Lipinski definition) is 1. The maximum Gasteiger partial charge on any atom is 0.331 e. The predicted molar refractivity (Wildman–Crippen MR) is 94.5 cm³/mol. The minimum absolute atomic E-state index is 0.215. The molecule has 0 bridgehead atoms. The van der Waals surface area contributed by atoms with Gasteiger partial charge in [-0.15, -0.1) is 11.3 Å².